The van der Waals surface area contributed by atoms with Crippen LogP contribution in [0.2, 0.25) is 0 Å². The molecule has 0 fully saturated rings. The van der Waals surface area contributed by atoms with Gasteiger partial charge >= 0.3 is 0 Å². The van der Waals surface area contributed by atoms with Crippen LogP contribution in [-0.2, 0) is 0 Å². The van der Waals surface area contributed by atoms with Gasteiger partial charge in [-0.3, -0.25) is 5.14 Å². The molecule has 1 rings (SSSR count). The summed E-state index contributed by atoms with van der Waals surface area (Å²) in [5.74, 6) is 0. The van der Waals surface area contributed by atoms with Gasteiger partial charge in [0, 0.05) is 4.90 Å². The van der Waals surface area contributed by atoms with Crippen LogP contribution in [-0.4, -0.2) is 7.85 Å². The van der Waals surface area contributed by atoms with Gasteiger partial charge in [-0.2, -0.15) is 0 Å². The third kappa shape index (κ3) is 1.55. The lowest BCUT2D eigenvalue weighted by molar-refractivity contribution is 1.32. The van der Waals surface area contributed by atoms with Gasteiger partial charge in [-0.15, -0.1) is 0 Å². The third-order valence-corrected chi connectivity index (χ3v) is 2.04. The van der Waals surface area contributed by atoms with Crippen LogP contribution in [0, 0.1) is 6.92 Å². The lowest BCUT2D eigenvalue weighted by Gasteiger charge is -2.01. The van der Waals surface area contributed by atoms with E-state index < -0.39 is 0 Å². The van der Waals surface area contributed by atoms with E-state index >= 15 is 0 Å². The molecule has 0 aliphatic heterocycles. The molecule has 1 nitrogen and oxygen atoms in total. The second-order valence-electron chi connectivity index (χ2n) is 2.14. The Morgan fingerprint density at radius 3 is 2.70 bits per heavy atom. The molecule has 3 heteroatoms. The van der Waals surface area contributed by atoms with Crippen LogP contribution >= 0.6 is 11.9 Å². The first-order chi connectivity index (χ1) is 4.74. The van der Waals surface area contributed by atoms with Crippen molar-refractivity contribution in [3.63, 3.8) is 0 Å². The van der Waals surface area contributed by atoms with E-state index in [0.29, 0.717) is 0 Å². The predicted molar refractivity (Wildman–Crippen MR) is 46.6 cm³/mol. The number of nitrogens with two attached hydrogens (primary N) is 1. The lowest BCUT2D eigenvalue weighted by Crippen LogP contribution is -2.02. The van der Waals surface area contributed by atoms with Crippen molar-refractivity contribution in [2.45, 2.75) is 11.8 Å². The number of aryl methyl sites for hydroxylation is 1. The summed E-state index contributed by atoms with van der Waals surface area (Å²) in [7, 11) is 5.53. The Bertz CT molecular complexity index is 237. The van der Waals surface area contributed by atoms with Crippen LogP contribution in [0.4, 0.5) is 0 Å². The molecule has 0 saturated heterocycles. The summed E-state index contributed by atoms with van der Waals surface area (Å²) < 4.78 is 0. The monoisotopic (exact) mass is 149 g/mol. The normalized spacial score (nSPS) is 9.80. The van der Waals surface area contributed by atoms with Crippen molar-refractivity contribution in [2.24, 2.45) is 5.14 Å². The molecule has 0 unspecified atom stereocenters. The Hall–Kier alpha value is -0.405. The van der Waals surface area contributed by atoms with Gasteiger partial charge in [0.2, 0.25) is 0 Å². The van der Waals surface area contributed by atoms with Crippen LogP contribution < -0.4 is 10.6 Å². The molecular formula is C7H8BNS. The van der Waals surface area contributed by atoms with Crippen molar-refractivity contribution in [1.82, 2.24) is 0 Å². The topological polar surface area (TPSA) is 26.0 Å². The third-order valence-electron chi connectivity index (χ3n) is 1.33. The molecule has 2 N–H and O–H groups in total. The Labute approximate surface area is 66.5 Å². The van der Waals surface area contributed by atoms with E-state index in [1.54, 1.807) is 0 Å². The average Bonchev–Trinajstić information content (AvgIpc) is 1.88. The minimum absolute atomic E-state index is 0.787. The smallest absolute Gasteiger partial charge is 0.113 e. The summed E-state index contributed by atoms with van der Waals surface area (Å²) in [6.07, 6.45) is 0. The fraction of sp³-hybridized carbons (Fsp3) is 0.143. The van der Waals surface area contributed by atoms with Gasteiger partial charge in [0.15, 0.2) is 0 Å². The summed E-state index contributed by atoms with van der Waals surface area (Å²) >= 11 is 1.25. The zero-order chi connectivity index (χ0) is 7.56. The molecule has 0 saturated carbocycles. The Kier molecular flexibility index (Phi) is 2.41. The summed E-state index contributed by atoms with van der Waals surface area (Å²) in [6, 6.07) is 5.69. The predicted octanol–water partition coefficient (Wildman–Crippen LogP) is 0.755. The summed E-state index contributed by atoms with van der Waals surface area (Å²) in [5, 5.41) is 5.38. The number of hydrogen-bond donors (Lipinski definition) is 1. The second-order valence-corrected chi connectivity index (χ2v) is 2.82. The van der Waals surface area contributed by atoms with Gasteiger partial charge < -0.3 is 0 Å². The zero-order valence-corrected chi connectivity index (χ0v) is 6.61. The van der Waals surface area contributed by atoms with Crippen molar-refractivity contribution >= 4 is 25.3 Å². The van der Waals surface area contributed by atoms with Crippen LogP contribution in [0.15, 0.2) is 23.1 Å². The molecular weight excluding hydrogens is 141 g/mol. The maximum atomic E-state index is 5.53. The van der Waals surface area contributed by atoms with Gasteiger partial charge in [-0.1, -0.05) is 17.6 Å². The fourth-order valence-electron chi connectivity index (χ4n) is 0.805. The average molecular weight is 149 g/mol. The molecule has 0 amide bonds. The molecule has 2 radical (unpaired) electrons. The summed E-state index contributed by atoms with van der Waals surface area (Å²) in [4.78, 5) is 1.08. The van der Waals surface area contributed by atoms with Gasteiger partial charge in [-0.05, 0) is 30.5 Å². The summed E-state index contributed by atoms with van der Waals surface area (Å²) in [6.45, 7) is 1.99. The minimum Gasteiger partial charge on any atom is -0.274 e. The van der Waals surface area contributed by atoms with E-state index in [1.165, 1.54) is 11.9 Å². The Balaban J connectivity index is 3.07. The van der Waals surface area contributed by atoms with Gasteiger partial charge in [0.25, 0.3) is 0 Å². The van der Waals surface area contributed by atoms with Gasteiger partial charge in [0.05, 0.1) is 0 Å². The first-order valence-corrected chi connectivity index (χ1v) is 3.85. The molecule has 1 aromatic rings. The standard InChI is InChI=1S/C7H8BNS/c1-5-4-6(8)2-3-7(5)10-9/h2-4H,9H2,1H3. The lowest BCUT2D eigenvalue weighted by atomic mass is 9.95. The van der Waals surface area contributed by atoms with Crippen molar-refractivity contribution in [1.29, 1.82) is 0 Å². The van der Waals surface area contributed by atoms with Crippen LogP contribution in [0.1, 0.15) is 5.56 Å². The molecule has 50 valence electrons. The number of rotatable bonds is 1. The molecule has 0 aliphatic rings. The Morgan fingerprint density at radius 2 is 2.20 bits per heavy atom. The fourth-order valence-corrected chi connectivity index (χ4v) is 1.20. The van der Waals surface area contributed by atoms with Crippen molar-refractivity contribution in [3.05, 3.63) is 23.8 Å². The number of hydrogen-bond acceptors (Lipinski definition) is 2. The van der Waals surface area contributed by atoms with E-state index in [1.807, 2.05) is 25.1 Å². The quantitative estimate of drug-likeness (QED) is 0.471. The molecule has 1 aromatic carbocycles. The molecule has 0 heterocycles. The summed E-state index contributed by atoms with van der Waals surface area (Å²) in [5.41, 5.74) is 1.92. The highest BCUT2D eigenvalue weighted by Crippen LogP contribution is 2.14. The maximum Gasteiger partial charge on any atom is 0.113 e. The molecule has 10 heavy (non-hydrogen) atoms. The molecule has 0 aromatic heterocycles. The Morgan fingerprint density at radius 1 is 1.50 bits per heavy atom. The highest BCUT2D eigenvalue weighted by Gasteiger charge is 1.94. The van der Waals surface area contributed by atoms with E-state index in [4.69, 9.17) is 13.0 Å². The van der Waals surface area contributed by atoms with E-state index in [9.17, 15) is 0 Å². The SMILES string of the molecule is [B]c1ccc(SN)c(C)c1. The second kappa shape index (κ2) is 3.13. The van der Waals surface area contributed by atoms with Gasteiger partial charge in [0.1, 0.15) is 7.85 Å². The van der Waals surface area contributed by atoms with E-state index in [0.717, 1.165) is 15.9 Å². The van der Waals surface area contributed by atoms with Crippen LogP contribution in [0.3, 0.4) is 0 Å². The van der Waals surface area contributed by atoms with Crippen molar-refractivity contribution in [2.75, 3.05) is 0 Å². The zero-order valence-electron chi connectivity index (χ0n) is 5.79. The molecule has 0 bridgehead atoms. The maximum absolute atomic E-state index is 5.53. The highest BCUT2D eigenvalue weighted by molar-refractivity contribution is 7.97. The minimum atomic E-state index is 0.787. The van der Waals surface area contributed by atoms with Crippen molar-refractivity contribution < 1.29 is 0 Å². The largest absolute Gasteiger partial charge is 0.274 e. The van der Waals surface area contributed by atoms with E-state index in [2.05, 4.69) is 0 Å². The highest BCUT2D eigenvalue weighted by atomic mass is 32.2. The van der Waals surface area contributed by atoms with Crippen LogP contribution in [0.5, 0.6) is 0 Å². The first kappa shape index (κ1) is 7.70. The van der Waals surface area contributed by atoms with E-state index in [-0.39, 0.29) is 0 Å². The first-order valence-electron chi connectivity index (χ1n) is 2.97. The number of benzene rings is 1. The molecule has 0 spiro atoms. The van der Waals surface area contributed by atoms with Crippen LogP contribution in [0.25, 0.3) is 0 Å². The molecule has 0 atom stereocenters. The van der Waals surface area contributed by atoms with Crippen molar-refractivity contribution in [3.8, 4) is 0 Å². The molecule has 0 aliphatic carbocycles. The van der Waals surface area contributed by atoms with Gasteiger partial charge in [-0.25, -0.2) is 0 Å².